The standard InChI is InChI=1S/C22H29NO5/c1-23(2)12-5-13-28-18-9-6-16(7-10-18)14-19(22(24)25)17-8-11-20(26-3)21(15-17)27-4/h6-11,15,19H,5,12-14H2,1-4H3,(H,24,25). The second-order valence-corrected chi connectivity index (χ2v) is 6.86. The number of hydrogen-bond acceptors (Lipinski definition) is 5. The number of aliphatic carboxylic acids is 1. The van der Waals surface area contributed by atoms with E-state index >= 15 is 0 Å². The molecular formula is C22H29NO5. The van der Waals surface area contributed by atoms with Gasteiger partial charge >= 0.3 is 5.97 Å². The molecule has 1 atom stereocenters. The van der Waals surface area contributed by atoms with Crippen LogP contribution in [0.4, 0.5) is 0 Å². The maximum Gasteiger partial charge on any atom is 0.311 e. The summed E-state index contributed by atoms with van der Waals surface area (Å²) in [5.41, 5.74) is 1.61. The minimum Gasteiger partial charge on any atom is -0.494 e. The molecule has 0 aliphatic rings. The van der Waals surface area contributed by atoms with Crippen LogP contribution >= 0.6 is 0 Å². The molecule has 0 bridgehead atoms. The van der Waals surface area contributed by atoms with E-state index in [2.05, 4.69) is 4.90 Å². The summed E-state index contributed by atoms with van der Waals surface area (Å²) in [6.45, 7) is 1.63. The third-order valence-electron chi connectivity index (χ3n) is 4.49. The van der Waals surface area contributed by atoms with Crippen molar-refractivity contribution in [1.82, 2.24) is 4.90 Å². The molecule has 2 rings (SSSR count). The van der Waals surface area contributed by atoms with E-state index in [0.717, 1.165) is 24.3 Å². The largest absolute Gasteiger partial charge is 0.494 e. The number of benzene rings is 2. The van der Waals surface area contributed by atoms with Gasteiger partial charge in [0.25, 0.3) is 0 Å². The lowest BCUT2D eigenvalue weighted by Gasteiger charge is -2.16. The van der Waals surface area contributed by atoms with Gasteiger partial charge in [-0.2, -0.15) is 0 Å². The Morgan fingerprint density at radius 3 is 2.29 bits per heavy atom. The first-order valence-electron chi connectivity index (χ1n) is 9.25. The van der Waals surface area contributed by atoms with Gasteiger partial charge in [0.05, 0.1) is 26.7 Å². The van der Waals surface area contributed by atoms with Crippen LogP contribution in [-0.2, 0) is 11.2 Å². The van der Waals surface area contributed by atoms with Gasteiger partial charge in [-0.3, -0.25) is 4.79 Å². The van der Waals surface area contributed by atoms with Crippen LogP contribution < -0.4 is 14.2 Å². The monoisotopic (exact) mass is 387 g/mol. The molecule has 0 spiro atoms. The molecule has 0 aliphatic heterocycles. The van der Waals surface area contributed by atoms with E-state index in [1.807, 2.05) is 38.4 Å². The van der Waals surface area contributed by atoms with Crippen molar-refractivity contribution in [3.8, 4) is 17.2 Å². The first-order chi connectivity index (χ1) is 13.4. The zero-order valence-corrected chi connectivity index (χ0v) is 17.0. The fourth-order valence-electron chi connectivity index (χ4n) is 2.95. The Bertz CT molecular complexity index is 758. The van der Waals surface area contributed by atoms with Crippen LogP contribution in [0.5, 0.6) is 17.2 Å². The number of methoxy groups -OCH3 is 2. The van der Waals surface area contributed by atoms with Gasteiger partial charge in [-0.15, -0.1) is 0 Å². The van der Waals surface area contributed by atoms with Crippen LogP contribution in [0.25, 0.3) is 0 Å². The van der Waals surface area contributed by atoms with Crippen molar-refractivity contribution in [2.45, 2.75) is 18.8 Å². The van der Waals surface area contributed by atoms with Gasteiger partial charge in [-0.05, 0) is 62.3 Å². The first kappa shape index (κ1) is 21.6. The molecule has 2 aromatic carbocycles. The third kappa shape index (κ3) is 6.16. The van der Waals surface area contributed by atoms with E-state index < -0.39 is 11.9 Å². The highest BCUT2D eigenvalue weighted by Gasteiger charge is 2.22. The molecule has 28 heavy (non-hydrogen) atoms. The first-order valence-corrected chi connectivity index (χ1v) is 9.25. The van der Waals surface area contributed by atoms with Crippen molar-refractivity contribution < 1.29 is 24.1 Å². The topological polar surface area (TPSA) is 68.2 Å². The summed E-state index contributed by atoms with van der Waals surface area (Å²) in [7, 11) is 7.16. The highest BCUT2D eigenvalue weighted by molar-refractivity contribution is 5.77. The highest BCUT2D eigenvalue weighted by atomic mass is 16.5. The van der Waals surface area contributed by atoms with Crippen molar-refractivity contribution in [3.63, 3.8) is 0 Å². The van der Waals surface area contributed by atoms with Crippen LogP contribution in [0.15, 0.2) is 42.5 Å². The fourth-order valence-corrected chi connectivity index (χ4v) is 2.95. The van der Waals surface area contributed by atoms with Crippen LogP contribution in [0.2, 0.25) is 0 Å². The summed E-state index contributed by atoms with van der Waals surface area (Å²) in [5.74, 6) is 0.335. The number of nitrogens with zero attached hydrogens (tertiary/aromatic N) is 1. The van der Waals surface area contributed by atoms with Gasteiger partial charge in [0.1, 0.15) is 5.75 Å². The number of carbonyl (C=O) groups is 1. The average molecular weight is 387 g/mol. The Morgan fingerprint density at radius 2 is 1.71 bits per heavy atom. The molecule has 0 radical (unpaired) electrons. The van der Waals surface area contributed by atoms with Gasteiger partial charge < -0.3 is 24.2 Å². The summed E-state index contributed by atoms with van der Waals surface area (Å²) in [6, 6.07) is 12.8. The molecule has 0 aliphatic carbocycles. The van der Waals surface area contributed by atoms with E-state index in [9.17, 15) is 9.90 Å². The third-order valence-corrected chi connectivity index (χ3v) is 4.49. The molecule has 6 heteroatoms. The Balaban J connectivity index is 2.05. The Kier molecular flexibility index (Phi) is 8.14. The highest BCUT2D eigenvalue weighted by Crippen LogP contribution is 2.32. The molecule has 0 fully saturated rings. The van der Waals surface area contributed by atoms with E-state index in [0.29, 0.717) is 30.1 Å². The van der Waals surface area contributed by atoms with Crippen LogP contribution in [0, 0.1) is 0 Å². The van der Waals surface area contributed by atoms with Crippen molar-refractivity contribution in [3.05, 3.63) is 53.6 Å². The van der Waals surface area contributed by atoms with Crippen molar-refractivity contribution in [2.75, 3.05) is 41.5 Å². The minimum absolute atomic E-state index is 0.381. The lowest BCUT2D eigenvalue weighted by molar-refractivity contribution is -0.138. The molecular weight excluding hydrogens is 358 g/mol. The van der Waals surface area contributed by atoms with Gasteiger partial charge in [-0.25, -0.2) is 0 Å². The fraction of sp³-hybridized carbons (Fsp3) is 0.409. The molecule has 0 heterocycles. The lowest BCUT2D eigenvalue weighted by atomic mass is 9.92. The lowest BCUT2D eigenvalue weighted by Crippen LogP contribution is -2.15. The smallest absolute Gasteiger partial charge is 0.311 e. The van der Waals surface area contributed by atoms with Crippen molar-refractivity contribution >= 4 is 5.97 Å². The average Bonchev–Trinajstić information content (AvgIpc) is 2.69. The Morgan fingerprint density at radius 1 is 1.04 bits per heavy atom. The van der Waals surface area contributed by atoms with Gasteiger partial charge in [0.2, 0.25) is 0 Å². The van der Waals surface area contributed by atoms with Crippen LogP contribution in [0.3, 0.4) is 0 Å². The number of rotatable bonds is 11. The summed E-state index contributed by atoms with van der Waals surface area (Å²) in [6.07, 6.45) is 1.33. The van der Waals surface area contributed by atoms with E-state index in [1.165, 1.54) is 7.11 Å². The summed E-state index contributed by atoms with van der Waals surface area (Å²) in [5, 5.41) is 9.72. The second-order valence-electron chi connectivity index (χ2n) is 6.86. The predicted molar refractivity (Wildman–Crippen MR) is 109 cm³/mol. The molecule has 6 nitrogen and oxygen atoms in total. The molecule has 152 valence electrons. The molecule has 2 aromatic rings. The molecule has 0 saturated carbocycles. The molecule has 0 amide bonds. The maximum atomic E-state index is 11.9. The van der Waals surface area contributed by atoms with E-state index in [4.69, 9.17) is 14.2 Å². The SMILES string of the molecule is COc1ccc(C(Cc2ccc(OCCCN(C)C)cc2)C(=O)O)cc1OC. The minimum atomic E-state index is -0.878. The van der Waals surface area contributed by atoms with Gasteiger partial charge in [-0.1, -0.05) is 18.2 Å². The zero-order chi connectivity index (χ0) is 20.5. The summed E-state index contributed by atoms with van der Waals surface area (Å²) >= 11 is 0. The number of hydrogen-bond donors (Lipinski definition) is 1. The molecule has 0 saturated heterocycles. The van der Waals surface area contributed by atoms with E-state index in [-0.39, 0.29) is 0 Å². The van der Waals surface area contributed by atoms with E-state index in [1.54, 1.807) is 25.3 Å². The quantitative estimate of drug-likeness (QED) is 0.596. The number of ether oxygens (including phenoxy) is 3. The number of carboxylic acid groups (broad SMARTS) is 1. The molecule has 1 N–H and O–H groups in total. The van der Waals surface area contributed by atoms with Crippen molar-refractivity contribution in [2.24, 2.45) is 0 Å². The number of carboxylic acids is 1. The second kappa shape index (κ2) is 10.6. The Labute approximate surface area is 166 Å². The van der Waals surface area contributed by atoms with Crippen molar-refractivity contribution in [1.29, 1.82) is 0 Å². The summed E-state index contributed by atoms with van der Waals surface area (Å²) in [4.78, 5) is 14.0. The van der Waals surface area contributed by atoms with Crippen LogP contribution in [0.1, 0.15) is 23.5 Å². The molecule has 1 unspecified atom stereocenters. The normalized spacial score (nSPS) is 11.9. The maximum absolute atomic E-state index is 11.9. The Hall–Kier alpha value is -2.73. The van der Waals surface area contributed by atoms with Gasteiger partial charge in [0.15, 0.2) is 11.5 Å². The van der Waals surface area contributed by atoms with Crippen LogP contribution in [-0.4, -0.2) is 57.4 Å². The predicted octanol–water partition coefficient (Wildman–Crippen LogP) is 3.45. The summed E-state index contributed by atoms with van der Waals surface area (Å²) < 4.78 is 16.3. The molecule has 0 aromatic heterocycles. The van der Waals surface area contributed by atoms with Gasteiger partial charge in [0, 0.05) is 6.54 Å². The zero-order valence-electron chi connectivity index (χ0n) is 17.0.